The molecule has 6 nitrogen and oxygen atoms in total. The van der Waals surface area contributed by atoms with Crippen molar-refractivity contribution in [3.8, 4) is 5.75 Å². The van der Waals surface area contributed by atoms with Crippen LogP contribution in [0.25, 0.3) is 10.9 Å². The van der Waals surface area contributed by atoms with Crippen LogP contribution < -0.4 is 10.1 Å². The maximum Gasteiger partial charge on any atom is 0.326 e. The molecule has 1 aromatic carbocycles. The first kappa shape index (κ1) is 16.9. The largest absolute Gasteiger partial charge is 0.497 e. The molecule has 124 valence electrons. The summed E-state index contributed by atoms with van der Waals surface area (Å²) in [6.45, 7) is 3.84. The number of carboxylic acid groups (broad SMARTS) is 1. The second-order valence-electron chi connectivity index (χ2n) is 6.01. The van der Waals surface area contributed by atoms with Crippen LogP contribution >= 0.6 is 0 Å². The Bertz CT molecular complexity index is 734. The smallest absolute Gasteiger partial charge is 0.326 e. The highest BCUT2D eigenvalue weighted by Crippen LogP contribution is 2.24. The highest BCUT2D eigenvalue weighted by atomic mass is 16.5. The average molecular weight is 318 g/mol. The minimum Gasteiger partial charge on any atom is -0.497 e. The van der Waals surface area contributed by atoms with Crippen molar-refractivity contribution < 1.29 is 19.4 Å². The van der Waals surface area contributed by atoms with Gasteiger partial charge in [-0.2, -0.15) is 0 Å². The van der Waals surface area contributed by atoms with E-state index in [1.807, 2.05) is 32.0 Å². The van der Waals surface area contributed by atoms with Crippen LogP contribution in [0.4, 0.5) is 0 Å². The van der Waals surface area contributed by atoms with E-state index in [1.165, 1.54) is 0 Å². The van der Waals surface area contributed by atoms with E-state index in [4.69, 9.17) is 4.74 Å². The molecule has 0 fully saturated rings. The van der Waals surface area contributed by atoms with Crippen molar-refractivity contribution in [3.63, 3.8) is 0 Å². The van der Waals surface area contributed by atoms with Gasteiger partial charge < -0.3 is 19.7 Å². The molecule has 0 bridgehead atoms. The van der Waals surface area contributed by atoms with Crippen molar-refractivity contribution in [2.45, 2.75) is 26.3 Å². The molecule has 1 amide bonds. The Hall–Kier alpha value is -2.50. The number of hydrogen-bond acceptors (Lipinski definition) is 3. The number of ether oxygens (including phenoxy) is 1. The SMILES string of the molecule is COc1ccc2c(c1)cc(C(=O)N[C@@H](CC(C)C)C(=O)O)n2C. The van der Waals surface area contributed by atoms with E-state index in [0.29, 0.717) is 17.9 Å². The molecular formula is C17H22N2O4. The quantitative estimate of drug-likeness (QED) is 0.857. The van der Waals surface area contributed by atoms with E-state index >= 15 is 0 Å². The Balaban J connectivity index is 2.29. The van der Waals surface area contributed by atoms with Crippen molar-refractivity contribution in [1.29, 1.82) is 0 Å². The third-order valence-electron chi connectivity index (χ3n) is 3.79. The lowest BCUT2D eigenvalue weighted by Crippen LogP contribution is -2.42. The predicted octanol–water partition coefficient (Wildman–Crippen LogP) is 2.42. The summed E-state index contributed by atoms with van der Waals surface area (Å²) in [7, 11) is 3.36. The van der Waals surface area contributed by atoms with Gasteiger partial charge in [-0.3, -0.25) is 4.79 Å². The molecule has 0 aliphatic carbocycles. The second kappa shape index (κ2) is 6.73. The minimum atomic E-state index is -1.02. The molecule has 1 atom stereocenters. The van der Waals surface area contributed by atoms with Gasteiger partial charge in [-0.1, -0.05) is 13.8 Å². The van der Waals surface area contributed by atoms with Gasteiger partial charge in [0.2, 0.25) is 0 Å². The summed E-state index contributed by atoms with van der Waals surface area (Å²) < 4.78 is 6.93. The number of methoxy groups -OCH3 is 1. The number of carbonyl (C=O) groups excluding carboxylic acids is 1. The van der Waals surface area contributed by atoms with Crippen molar-refractivity contribution in [3.05, 3.63) is 30.0 Å². The van der Waals surface area contributed by atoms with E-state index in [1.54, 1.807) is 24.8 Å². The summed E-state index contributed by atoms with van der Waals surface area (Å²) in [6.07, 6.45) is 0.388. The minimum absolute atomic E-state index is 0.174. The van der Waals surface area contributed by atoms with E-state index in [-0.39, 0.29) is 5.92 Å². The van der Waals surface area contributed by atoms with Crippen molar-refractivity contribution in [2.75, 3.05) is 7.11 Å². The summed E-state index contributed by atoms with van der Waals surface area (Å²) >= 11 is 0. The topological polar surface area (TPSA) is 80.6 Å². The Morgan fingerprint density at radius 1 is 1.30 bits per heavy atom. The van der Waals surface area contributed by atoms with E-state index in [9.17, 15) is 14.7 Å². The van der Waals surface area contributed by atoms with Gasteiger partial charge in [0.15, 0.2) is 0 Å². The second-order valence-corrected chi connectivity index (χ2v) is 6.01. The summed E-state index contributed by atoms with van der Waals surface area (Å²) in [5.41, 5.74) is 1.30. The number of carbonyl (C=O) groups is 2. The number of amides is 1. The normalized spacial score (nSPS) is 12.4. The number of nitrogens with one attached hydrogen (secondary N) is 1. The van der Waals surface area contributed by atoms with Crippen LogP contribution in [0.15, 0.2) is 24.3 Å². The third-order valence-corrected chi connectivity index (χ3v) is 3.79. The molecule has 1 heterocycles. The van der Waals surface area contributed by atoms with Crippen molar-refractivity contribution >= 4 is 22.8 Å². The van der Waals surface area contributed by atoms with Gasteiger partial charge in [-0.05, 0) is 36.6 Å². The zero-order chi connectivity index (χ0) is 17.1. The van der Waals surface area contributed by atoms with Gasteiger partial charge >= 0.3 is 5.97 Å². The number of nitrogens with zero attached hydrogens (tertiary/aromatic N) is 1. The van der Waals surface area contributed by atoms with E-state index in [0.717, 1.165) is 10.9 Å². The Morgan fingerprint density at radius 2 is 2.00 bits per heavy atom. The number of hydrogen-bond donors (Lipinski definition) is 2. The van der Waals surface area contributed by atoms with Crippen LogP contribution in [0.3, 0.4) is 0 Å². The molecule has 0 radical (unpaired) electrons. The number of benzene rings is 1. The molecule has 0 saturated carbocycles. The van der Waals surface area contributed by atoms with Gasteiger partial charge in [0.25, 0.3) is 5.91 Å². The maximum absolute atomic E-state index is 12.5. The lowest BCUT2D eigenvalue weighted by molar-refractivity contribution is -0.139. The fraction of sp³-hybridized carbons (Fsp3) is 0.412. The predicted molar refractivity (Wildman–Crippen MR) is 87.8 cm³/mol. The number of aromatic nitrogens is 1. The number of rotatable bonds is 6. The first-order chi connectivity index (χ1) is 10.8. The molecule has 0 saturated heterocycles. The van der Waals surface area contributed by atoms with Gasteiger partial charge in [0.05, 0.1) is 7.11 Å². The first-order valence-electron chi connectivity index (χ1n) is 7.50. The summed E-state index contributed by atoms with van der Waals surface area (Å²) in [5, 5.41) is 12.7. The summed E-state index contributed by atoms with van der Waals surface area (Å²) in [6, 6.07) is 6.38. The molecule has 0 spiro atoms. The fourth-order valence-corrected chi connectivity index (χ4v) is 2.60. The van der Waals surface area contributed by atoms with Crippen LogP contribution in [0, 0.1) is 5.92 Å². The first-order valence-corrected chi connectivity index (χ1v) is 7.50. The fourth-order valence-electron chi connectivity index (χ4n) is 2.60. The van der Waals surface area contributed by atoms with E-state index in [2.05, 4.69) is 5.32 Å². The van der Waals surface area contributed by atoms with Crippen molar-refractivity contribution in [1.82, 2.24) is 9.88 Å². The van der Waals surface area contributed by atoms with Crippen LogP contribution in [0.5, 0.6) is 5.75 Å². The zero-order valence-corrected chi connectivity index (χ0v) is 13.8. The monoisotopic (exact) mass is 318 g/mol. The van der Waals surface area contributed by atoms with Gasteiger partial charge in [-0.15, -0.1) is 0 Å². The van der Waals surface area contributed by atoms with Gasteiger partial charge in [-0.25, -0.2) is 4.79 Å². The molecule has 2 rings (SSSR count). The summed E-state index contributed by atoms with van der Waals surface area (Å²) in [4.78, 5) is 23.8. The number of fused-ring (bicyclic) bond motifs is 1. The molecular weight excluding hydrogens is 296 g/mol. The lowest BCUT2D eigenvalue weighted by atomic mass is 10.0. The molecule has 2 aromatic rings. The molecule has 23 heavy (non-hydrogen) atoms. The average Bonchev–Trinajstić information content (AvgIpc) is 2.82. The Labute approximate surface area is 135 Å². The number of carboxylic acids is 1. The lowest BCUT2D eigenvalue weighted by Gasteiger charge is -2.16. The molecule has 6 heteroatoms. The Morgan fingerprint density at radius 3 is 2.57 bits per heavy atom. The van der Waals surface area contributed by atoms with Gasteiger partial charge in [0, 0.05) is 18.0 Å². The van der Waals surface area contributed by atoms with Crippen LogP contribution in [0.1, 0.15) is 30.8 Å². The number of aliphatic carboxylic acids is 1. The number of aryl methyl sites for hydroxylation is 1. The molecule has 0 unspecified atom stereocenters. The van der Waals surface area contributed by atoms with Crippen LogP contribution in [-0.2, 0) is 11.8 Å². The maximum atomic E-state index is 12.5. The van der Waals surface area contributed by atoms with Gasteiger partial charge in [0.1, 0.15) is 17.5 Å². The standard InChI is InChI=1S/C17H22N2O4/c1-10(2)7-13(17(21)22)18-16(20)15-9-11-8-12(23-4)5-6-14(11)19(15)3/h5-6,8-10,13H,7H2,1-4H3,(H,18,20)(H,21,22)/t13-/m0/s1. The highest BCUT2D eigenvalue weighted by molar-refractivity contribution is 6.00. The van der Waals surface area contributed by atoms with E-state index < -0.39 is 17.9 Å². The van der Waals surface area contributed by atoms with Crippen LogP contribution in [0.2, 0.25) is 0 Å². The molecule has 1 aromatic heterocycles. The molecule has 0 aliphatic heterocycles. The highest BCUT2D eigenvalue weighted by Gasteiger charge is 2.23. The molecule has 2 N–H and O–H groups in total. The van der Waals surface area contributed by atoms with Crippen molar-refractivity contribution in [2.24, 2.45) is 13.0 Å². The molecule has 0 aliphatic rings. The third kappa shape index (κ3) is 3.64. The van der Waals surface area contributed by atoms with Crippen LogP contribution in [-0.4, -0.2) is 34.7 Å². The zero-order valence-electron chi connectivity index (χ0n) is 13.8. The Kier molecular flexibility index (Phi) is 4.93. The summed E-state index contributed by atoms with van der Waals surface area (Å²) in [5.74, 6) is -0.533.